The van der Waals surface area contributed by atoms with Gasteiger partial charge in [-0.15, -0.1) is 0 Å². The van der Waals surface area contributed by atoms with Crippen LogP contribution < -0.4 is 10.6 Å². The minimum absolute atomic E-state index is 0.120. The van der Waals surface area contributed by atoms with Gasteiger partial charge in [-0.1, -0.05) is 0 Å². The van der Waals surface area contributed by atoms with E-state index in [1.54, 1.807) is 0 Å². The van der Waals surface area contributed by atoms with Gasteiger partial charge >= 0.3 is 12.0 Å². The second-order valence-corrected chi connectivity index (χ2v) is 6.02. The normalized spacial score (nSPS) is 34.6. The van der Waals surface area contributed by atoms with Crippen LogP contribution in [0.5, 0.6) is 0 Å². The first kappa shape index (κ1) is 12.7. The van der Waals surface area contributed by atoms with Gasteiger partial charge in [0.15, 0.2) is 0 Å². The third-order valence-corrected chi connectivity index (χ3v) is 4.62. The van der Waals surface area contributed by atoms with Gasteiger partial charge in [-0.25, -0.2) is 9.59 Å². The lowest BCUT2D eigenvalue weighted by Gasteiger charge is -2.44. The Morgan fingerprint density at radius 2 is 1.84 bits per heavy atom. The Balaban J connectivity index is 1.52. The molecule has 3 heterocycles. The van der Waals surface area contributed by atoms with Crippen LogP contribution in [0, 0.1) is 11.8 Å². The van der Waals surface area contributed by atoms with Crippen molar-refractivity contribution in [2.45, 2.75) is 37.8 Å². The predicted octanol–water partition coefficient (Wildman–Crippen LogP) is 0.243. The summed E-state index contributed by atoms with van der Waals surface area (Å²) in [6, 6.07) is -0.865. The van der Waals surface area contributed by atoms with Crippen LogP contribution >= 0.6 is 0 Å². The average Bonchev–Trinajstić information content (AvgIpc) is 3.21. The van der Waals surface area contributed by atoms with Crippen molar-refractivity contribution >= 4 is 12.0 Å². The number of hydrogen-bond donors (Lipinski definition) is 3. The van der Waals surface area contributed by atoms with E-state index in [1.807, 2.05) is 0 Å². The van der Waals surface area contributed by atoms with Crippen LogP contribution in [0.4, 0.5) is 4.79 Å². The summed E-state index contributed by atoms with van der Waals surface area (Å²) < 4.78 is 0. The number of rotatable bonds is 4. The van der Waals surface area contributed by atoms with E-state index in [1.165, 1.54) is 0 Å². The number of carbonyl (C=O) groups excluding carboxylic acids is 1. The molecular weight excluding hydrogens is 246 g/mol. The molecule has 3 N–H and O–H groups in total. The zero-order chi connectivity index (χ0) is 13.4. The lowest BCUT2D eigenvalue weighted by atomic mass is 9.84. The minimum Gasteiger partial charge on any atom is -0.480 e. The molecule has 19 heavy (non-hydrogen) atoms. The van der Waals surface area contributed by atoms with E-state index in [-0.39, 0.29) is 18.0 Å². The average molecular weight is 267 g/mol. The first-order valence-electron chi connectivity index (χ1n) is 7.15. The molecule has 2 atom stereocenters. The molecule has 4 aliphatic rings. The van der Waals surface area contributed by atoms with Crippen LogP contribution in [0.25, 0.3) is 0 Å². The summed E-state index contributed by atoms with van der Waals surface area (Å²) in [6.45, 7) is 3.16. The first-order valence-corrected chi connectivity index (χ1v) is 7.15. The van der Waals surface area contributed by atoms with E-state index in [4.69, 9.17) is 5.11 Å². The smallest absolute Gasteiger partial charge is 0.326 e. The van der Waals surface area contributed by atoms with Gasteiger partial charge in [0.05, 0.1) is 0 Å². The zero-order valence-electron chi connectivity index (χ0n) is 11.0. The lowest BCUT2D eigenvalue weighted by molar-refractivity contribution is -0.139. The highest BCUT2D eigenvalue weighted by Gasteiger charge is 2.39. The Kier molecular flexibility index (Phi) is 3.35. The van der Waals surface area contributed by atoms with Gasteiger partial charge in [0.25, 0.3) is 0 Å². The minimum atomic E-state index is -0.924. The fourth-order valence-electron chi connectivity index (χ4n) is 3.29. The van der Waals surface area contributed by atoms with Crippen molar-refractivity contribution in [2.75, 3.05) is 19.6 Å². The Morgan fingerprint density at radius 1 is 1.16 bits per heavy atom. The first-order chi connectivity index (χ1) is 9.13. The molecule has 3 saturated heterocycles. The van der Waals surface area contributed by atoms with E-state index >= 15 is 0 Å². The van der Waals surface area contributed by atoms with Gasteiger partial charge in [-0.05, 0) is 50.6 Å². The highest BCUT2D eigenvalue weighted by Crippen LogP contribution is 2.33. The third kappa shape index (κ3) is 2.83. The number of carboxylic acid groups (broad SMARTS) is 1. The molecule has 106 valence electrons. The van der Waals surface area contributed by atoms with E-state index in [9.17, 15) is 9.59 Å². The summed E-state index contributed by atoms with van der Waals surface area (Å²) in [5.41, 5.74) is 0. The number of aliphatic carboxylic acids is 1. The molecule has 0 aromatic heterocycles. The molecule has 0 aromatic rings. The molecule has 2 unspecified atom stereocenters. The Hall–Kier alpha value is -1.30. The number of hydrogen-bond acceptors (Lipinski definition) is 3. The summed E-state index contributed by atoms with van der Waals surface area (Å²) in [5.74, 6) is -0.249. The Bertz CT molecular complexity index is 375. The van der Waals surface area contributed by atoms with Crippen LogP contribution in [0.1, 0.15) is 25.7 Å². The van der Waals surface area contributed by atoms with Crippen LogP contribution in [-0.4, -0.2) is 53.7 Å². The standard InChI is InChI=1S/C13H21N3O3/c17-12(18)11(9-1-2-9)15-13(19)14-10-7-16-5-3-8(10)4-6-16/h8-11H,1-7H2,(H,17,18)(H2,14,15,19). The van der Waals surface area contributed by atoms with Crippen LogP contribution in [0.2, 0.25) is 0 Å². The summed E-state index contributed by atoms with van der Waals surface area (Å²) >= 11 is 0. The van der Waals surface area contributed by atoms with Crippen molar-refractivity contribution in [3.63, 3.8) is 0 Å². The number of nitrogens with one attached hydrogen (secondary N) is 2. The second-order valence-electron chi connectivity index (χ2n) is 6.02. The highest BCUT2D eigenvalue weighted by atomic mass is 16.4. The van der Waals surface area contributed by atoms with Gasteiger partial charge in [0.2, 0.25) is 0 Å². The van der Waals surface area contributed by atoms with Crippen molar-refractivity contribution in [2.24, 2.45) is 11.8 Å². The zero-order valence-corrected chi connectivity index (χ0v) is 11.0. The molecule has 2 bridgehead atoms. The van der Waals surface area contributed by atoms with Crippen molar-refractivity contribution < 1.29 is 14.7 Å². The van der Waals surface area contributed by atoms with Gasteiger partial charge in [0, 0.05) is 12.6 Å². The molecule has 4 fully saturated rings. The second kappa shape index (κ2) is 5.00. The fourth-order valence-corrected chi connectivity index (χ4v) is 3.29. The van der Waals surface area contributed by atoms with E-state index in [0.717, 1.165) is 45.3 Å². The van der Waals surface area contributed by atoms with Gasteiger partial charge in [0.1, 0.15) is 6.04 Å². The number of piperidine rings is 3. The maximum absolute atomic E-state index is 11.9. The predicted molar refractivity (Wildman–Crippen MR) is 68.8 cm³/mol. The van der Waals surface area contributed by atoms with E-state index < -0.39 is 12.0 Å². The molecule has 2 amide bonds. The van der Waals surface area contributed by atoms with Crippen molar-refractivity contribution in [1.82, 2.24) is 15.5 Å². The summed E-state index contributed by atoms with van der Waals surface area (Å²) in [5, 5.41) is 14.7. The molecule has 6 nitrogen and oxygen atoms in total. The summed E-state index contributed by atoms with van der Waals surface area (Å²) in [6.07, 6.45) is 4.07. The third-order valence-electron chi connectivity index (χ3n) is 4.62. The number of amides is 2. The number of fused-ring (bicyclic) bond motifs is 3. The molecule has 3 aliphatic heterocycles. The van der Waals surface area contributed by atoms with E-state index in [0.29, 0.717) is 5.92 Å². The molecule has 0 spiro atoms. The fraction of sp³-hybridized carbons (Fsp3) is 0.846. The molecule has 0 aromatic carbocycles. The van der Waals surface area contributed by atoms with Crippen molar-refractivity contribution in [3.8, 4) is 0 Å². The summed E-state index contributed by atoms with van der Waals surface area (Å²) in [4.78, 5) is 25.4. The van der Waals surface area contributed by atoms with Crippen LogP contribution in [-0.2, 0) is 4.79 Å². The van der Waals surface area contributed by atoms with Crippen molar-refractivity contribution in [1.29, 1.82) is 0 Å². The number of nitrogens with zero attached hydrogens (tertiary/aromatic N) is 1. The van der Waals surface area contributed by atoms with Crippen molar-refractivity contribution in [3.05, 3.63) is 0 Å². The van der Waals surface area contributed by atoms with E-state index in [2.05, 4.69) is 15.5 Å². The van der Waals surface area contributed by atoms with Gasteiger partial charge in [-0.3, -0.25) is 0 Å². The maximum Gasteiger partial charge on any atom is 0.326 e. The monoisotopic (exact) mass is 267 g/mol. The van der Waals surface area contributed by atoms with Gasteiger partial charge < -0.3 is 20.6 Å². The largest absolute Gasteiger partial charge is 0.480 e. The molecule has 0 radical (unpaired) electrons. The van der Waals surface area contributed by atoms with Crippen LogP contribution in [0.15, 0.2) is 0 Å². The van der Waals surface area contributed by atoms with Crippen LogP contribution in [0.3, 0.4) is 0 Å². The lowest BCUT2D eigenvalue weighted by Crippen LogP contribution is -2.60. The molecular formula is C13H21N3O3. The SMILES string of the molecule is O=C(NC1CN2CCC1CC2)NC(C(=O)O)C1CC1. The number of carbonyl (C=O) groups is 2. The quantitative estimate of drug-likeness (QED) is 0.681. The maximum atomic E-state index is 11.9. The van der Waals surface area contributed by atoms with Gasteiger partial charge in [-0.2, -0.15) is 0 Å². The highest BCUT2D eigenvalue weighted by molar-refractivity contribution is 5.83. The molecule has 4 rings (SSSR count). The Morgan fingerprint density at radius 3 is 2.32 bits per heavy atom. The molecule has 1 aliphatic carbocycles. The topological polar surface area (TPSA) is 81.7 Å². The Labute approximate surface area is 112 Å². The number of urea groups is 1. The molecule has 1 saturated carbocycles. The summed E-state index contributed by atoms with van der Waals surface area (Å²) in [7, 11) is 0. The number of carboxylic acids is 1. The molecule has 6 heteroatoms.